The van der Waals surface area contributed by atoms with Crippen molar-refractivity contribution in [3.63, 3.8) is 0 Å². The Kier molecular flexibility index (Phi) is 4.65. The standard InChI is InChI=1S/C18H18N2O4/c19-17(21)10-20-18(22)9-14(12-4-2-1-3-5-12)13-6-7-15-16(8-13)24-11-23-15/h1-8,14H,9-11H2,(H2,19,21)(H,20,22)/t14-/m1/s1. The van der Waals surface area contributed by atoms with Gasteiger partial charge in [0.25, 0.3) is 0 Å². The normalized spacial score (nSPS) is 13.3. The van der Waals surface area contributed by atoms with Crippen LogP contribution in [0.15, 0.2) is 48.5 Å². The van der Waals surface area contributed by atoms with Crippen molar-refractivity contribution < 1.29 is 19.1 Å². The topological polar surface area (TPSA) is 90.7 Å². The molecule has 2 aromatic carbocycles. The van der Waals surface area contributed by atoms with Crippen molar-refractivity contribution in [2.45, 2.75) is 12.3 Å². The van der Waals surface area contributed by atoms with Gasteiger partial charge >= 0.3 is 0 Å². The third-order valence-corrected chi connectivity index (χ3v) is 3.85. The second kappa shape index (κ2) is 7.04. The fourth-order valence-electron chi connectivity index (χ4n) is 2.69. The summed E-state index contributed by atoms with van der Waals surface area (Å²) in [6.45, 7) is 0.0371. The first kappa shape index (κ1) is 15.9. The van der Waals surface area contributed by atoms with Crippen LogP contribution in [0, 0.1) is 0 Å². The minimum absolute atomic E-state index is 0.159. The summed E-state index contributed by atoms with van der Waals surface area (Å²) in [7, 11) is 0. The van der Waals surface area contributed by atoms with Crippen LogP contribution in [0.2, 0.25) is 0 Å². The molecule has 1 aliphatic heterocycles. The highest BCUT2D eigenvalue weighted by Crippen LogP contribution is 2.37. The number of nitrogens with two attached hydrogens (primary N) is 1. The van der Waals surface area contributed by atoms with Gasteiger partial charge in [-0.1, -0.05) is 36.4 Å². The van der Waals surface area contributed by atoms with Crippen LogP contribution in [0.4, 0.5) is 0 Å². The zero-order chi connectivity index (χ0) is 16.9. The van der Waals surface area contributed by atoms with Gasteiger partial charge in [0.1, 0.15) is 0 Å². The second-order valence-corrected chi connectivity index (χ2v) is 5.52. The van der Waals surface area contributed by atoms with E-state index in [-0.39, 0.29) is 31.6 Å². The summed E-state index contributed by atoms with van der Waals surface area (Å²) >= 11 is 0. The minimum Gasteiger partial charge on any atom is -0.454 e. The van der Waals surface area contributed by atoms with Crippen molar-refractivity contribution >= 4 is 11.8 Å². The number of rotatable bonds is 6. The van der Waals surface area contributed by atoms with Gasteiger partial charge in [-0.3, -0.25) is 9.59 Å². The van der Waals surface area contributed by atoms with E-state index in [1.54, 1.807) is 0 Å². The minimum atomic E-state index is -0.567. The average molecular weight is 326 g/mol. The molecular weight excluding hydrogens is 308 g/mol. The molecule has 1 atom stereocenters. The first-order valence-corrected chi connectivity index (χ1v) is 7.63. The van der Waals surface area contributed by atoms with E-state index in [1.165, 1.54) is 0 Å². The van der Waals surface area contributed by atoms with Crippen LogP contribution in [0.1, 0.15) is 23.5 Å². The highest BCUT2D eigenvalue weighted by atomic mass is 16.7. The molecule has 24 heavy (non-hydrogen) atoms. The fourth-order valence-corrected chi connectivity index (χ4v) is 2.69. The lowest BCUT2D eigenvalue weighted by Gasteiger charge is -2.18. The molecule has 0 unspecified atom stereocenters. The van der Waals surface area contributed by atoms with E-state index < -0.39 is 5.91 Å². The van der Waals surface area contributed by atoms with E-state index in [0.717, 1.165) is 11.1 Å². The molecule has 6 nitrogen and oxygen atoms in total. The molecule has 2 amide bonds. The lowest BCUT2D eigenvalue weighted by atomic mass is 9.88. The van der Waals surface area contributed by atoms with Gasteiger partial charge in [0.05, 0.1) is 6.54 Å². The molecule has 0 bridgehead atoms. The maximum absolute atomic E-state index is 12.2. The zero-order valence-electron chi connectivity index (χ0n) is 13.0. The van der Waals surface area contributed by atoms with Crippen LogP contribution in [0.5, 0.6) is 11.5 Å². The summed E-state index contributed by atoms with van der Waals surface area (Å²) in [6, 6.07) is 15.4. The molecule has 0 fully saturated rings. The van der Waals surface area contributed by atoms with Crippen molar-refractivity contribution in [2.24, 2.45) is 5.73 Å². The lowest BCUT2D eigenvalue weighted by molar-refractivity contribution is -0.124. The van der Waals surface area contributed by atoms with Crippen LogP contribution in [-0.2, 0) is 9.59 Å². The van der Waals surface area contributed by atoms with Crippen molar-refractivity contribution in [1.29, 1.82) is 0 Å². The number of amides is 2. The molecular formula is C18H18N2O4. The second-order valence-electron chi connectivity index (χ2n) is 5.52. The van der Waals surface area contributed by atoms with Crippen molar-refractivity contribution in [3.8, 4) is 11.5 Å². The molecule has 124 valence electrons. The molecule has 0 saturated carbocycles. The van der Waals surface area contributed by atoms with Crippen molar-refractivity contribution in [2.75, 3.05) is 13.3 Å². The molecule has 2 aromatic rings. The first-order valence-electron chi connectivity index (χ1n) is 7.63. The van der Waals surface area contributed by atoms with Gasteiger partial charge in [-0.25, -0.2) is 0 Å². The van der Waals surface area contributed by atoms with Crippen LogP contribution in [-0.4, -0.2) is 25.2 Å². The summed E-state index contributed by atoms with van der Waals surface area (Å²) in [4.78, 5) is 23.0. The number of ether oxygens (including phenoxy) is 2. The number of fused-ring (bicyclic) bond motifs is 1. The number of nitrogens with one attached hydrogen (secondary N) is 1. The third kappa shape index (κ3) is 3.65. The van der Waals surface area contributed by atoms with Crippen LogP contribution < -0.4 is 20.5 Å². The summed E-state index contributed by atoms with van der Waals surface area (Å²) in [5.74, 6) is 0.409. The van der Waals surface area contributed by atoms with E-state index in [1.807, 2.05) is 48.5 Å². The smallest absolute Gasteiger partial charge is 0.236 e. The largest absolute Gasteiger partial charge is 0.454 e. The van der Waals surface area contributed by atoms with E-state index >= 15 is 0 Å². The van der Waals surface area contributed by atoms with Gasteiger partial charge in [-0.15, -0.1) is 0 Å². The summed E-state index contributed by atoms with van der Waals surface area (Å²) in [5, 5.41) is 2.54. The van der Waals surface area contributed by atoms with E-state index in [4.69, 9.17) is 15.2 Å². The van der Waals surface area contributed by atoms with Gasteiger partial charge in [0.15, 0.2) is 11.5 Å². The highest BCUT2D eigenvalue weighted by molar-refractivity contribution is 5.84. The van der Waals surface area contributed by atoms with Gasteiger partial charge in [-0.2, -0.15) is 0 Å². The van der Waals surface area contributed by atoms with E-state index in [9.17, 15) is 9.59 Å². The van der Waals surface area contributed by atoms with Gasteiger partial charge in [0.2, 0.25) is 18.6 Å². The average Bonchev–Trinajstić information content (AvgIpc) is 3.06. The summed E-state index contributed by atoms with van der Waals surface area (Å²) in [6.07, 6.45) is 0.205. The van der Waals surface area contributed by atoms with Gasteiger partial charge in [-0.05, 0) is 23.3 Å². The Morgan fingerprint density at radius 1 is 1.04 bits per heavy atom. The maximum Gasteiger partial charge on any atom is 0.236 e. The SMILES string of the molecule is NC(=O)CNC(=O)C[C@H](c1ccccc1)c1ccc2c(c1)OCO2. The Morgan fingerprint density at radius 2 is 1.79 bits per heavy atom. The number of carbonyl (C=O) groups is 2. The monoisotopic (exact) mass is 326 g/mol. The molecule has 1 heterocycles. The molecule has 1 aliphatic rings. The number of primary amides is 1. The van der Waals surface area contributed by atoms with Crippen molar-refractivity contribution in [1.82, 2.24) is 5.32 Å². The van der Waals surface area contributed by atoms with E-state index in [2.05, 4.69) is 5.32 Å². The Bertz CT molecular complexity index is 746. The number of benzene rings is 2. The molecule has 0 radical (unpaired) electrons. The molecule has 0 saturated heterocycles. The summed E-state index contributed by atoms with van der Waals surface area (Å²) < 4.78 is 10.8. The maximum atomic E-state index is 12.2. The molecule has 0 aromatic heterocycles. The number of hydrogen-bond donors (Lipinski definition) is 2. The lowest BCUT2D eigenvalue weighted by Crippen LogP contribution is -2.34. The van der Waals surface area contributed by atoms with Crippen molar-refractivity contribution in [3.05, 3.63) is 59.7 Å². The molecule has 6 heteroatoms. The highest BCUT2D eigenvalue weighted by Gasteiger charge is 2.22. The Morgan fingerprint density at radius 3 is 2.54 bits per heavy atom. The quantitative estimate of drug-likeness (QED) is 0.842. The van der Waals surface area contributed by atoms with Crippen LogP contribution >= 0.6 is 0 Å². The summed E-state index contributed by atoms with van der Waals surface area (Å²) in [5.41, 5.74) is 7.02. The predicted octanol–water partition coefficient (Wildman–Crippen LogP) is 1.54. The molecule has 0 spiro atoms. The molecule has 0 aliphatic carbocycles. The molecule has 3 rings (SSSR count). The number of carbonyl (C=O) groups excluding carboxylic acids is 2. The Balaban J connectivity index is 1.85. The molecule has 3 N–H and O–H groups in total. The first-order chi connectivity index (χ1) is 11.6. The van der Waals surface area contributed by atoms with Crippen LogP contribution in [0.25, 0.3) is 0 Å². The van der Waals surface area contributed by atoms with E-state index in [0.29, 0.717) is 11.5 Å². The fraction of sp³-hybridized carbons (Fsp3) is 0.222. The Hall–Kier alpha value is -3.02. The predicted molar refractivity (Wildman–Crippen MR) is 87.7 cm³/mol. The third-order valence-electron chi connectivity index (χ3n) is 3.85. The van der Waals surface area contributed by atoms with Gasteiger partial charge < -0.3 is 20.5 Å². The number of hydrogen-bond acceptors (Lipinski definition) is 4. The zero-order valence-corrected chi connectivity index (χ0v) is 13.0. The van der Waals surface area contributed by atoms with Gasteiger partial charge in [0, 0.05) is 12.3 Å². The van der Waals surface area contributed by atoms with Crippen LogP contribution in [0.3, 0.4) is 0 Å². The Labute approximate surface area is 139 Å².